The SMILES string of the molecule is NC(=O)CCC1=CCN(Cc2ccccc2)CC1. The maximum absolute atomic E-state index is 10.7. The molecule has 1 aliphatic heterocycles. The Bertz CT molecular complexity index is 425. The van der Waals surface area contributed by atoms with Crippen LogP contribution in [-0.2, 0) is 11.3 Å². The van der Waals surface area contributed by atoms with Crippen LogP contribution in [0.3, 0.4) is 0 Å². The molecular formula is C15H20N2O. The highest BCUT2D eigenvalue weighted by Crippen LogP contribution is 2.17. The highest BCUT2D eigenvalue weighted by atomic mass is 16.1. The lowest BCUT2D eigenvalue weighted by Crippen LogP contribution is -2.28. The van der Waals surface area contributed by atoms with Gasteiger partial charge in [-0.25, -0.2) is 0 Å². The van der Waals surface area contributed by atoms with E-state index in [4.69, 9.17) is 5.73 Å². The number of primary amides is 1. The largest absolute Gasteiger partial charge is 0.370 e. The Morgan fingerprint density at radius 1 is 1.28 bits per heavy atom. The molecule has 1 aromatic rings. The van der Waals surface area contributed by atoms with Crippen LogP contribution in [0.2, 0.25) is 0 Å². The number of carbonyl (C=O) groups excluding carboxylic acids is 1. The van der Waals surface area contributed by atoms with Crippen LogP contribution in [-0.4, -0.2) is 23.9 Å². The summed E-state index contributed by atoms with van der Waals surface area (Å²) in [5.41, 5.74) is 7.89. The molecule has 96 valence electrons. The third-order valence-corrected chi connectivity index (χ3v) is 3.33. The molecule has 0 atom stereocenters. The summed E-state index contributed by atoms with van der Waals surface area (Å²) < 4.78 is 0. The standard InChI is InChI=1S/C15H20N2O/c16-15(18)7-6-13-8-10-17(11-9-13)12-14-4-2-1-3-5-14/h1-5,8H,6-7,9-12H2,(H2,16,18). The number of rotatable bonds is 5. The summed E-state index contributed by atoms with van der Waals surface area (Å²) in [6.45, 7) is 3.04. The fraction of sp³-hybridized carbons (Fsp3) is 0.400. The predicted molar refractivity (Wildman–Crippen MR) is 72.8 cm³/mol. The van der Waals surface area contributed by atoms with Crippen molar-refractivity contribution in [3.63, 3.8) is 0 Å². The van der Waals surface area contributed by atoms with Gasteiger partial charge in [0, 0.05) is 26.1 Å². The van der Waals surface area contributed by atoms with Crippen LogP contribution in [0.1, 0.15) is 24.8 Å². The molecule has 3 nitrogen and oxygen atoms in total. The lowest BCUT2D eigenvalue weighted by Gasteiger charge is -2.26. The molecule has 2 N–H and O–H groups in total. The van der Waals surface area contributed by atoms with Crippen LogP contribution in [0.5, 0.6) is 0 Å². The zero-order chi connectivity index (χ0) is 12.8. The summed E-state index contributed by atoms with van der Waals surface area (Å²) in [6.07, 6.45) is 4.61. The second-order valence-corrected chi connectivity index (χ2v) is 4.80. The van der Waals surface area contributed by atoms with Gasteiger partial charge in [0.15, 0.2) is 0 Å². The monoisotopic (exact) mass is 244 g/mol. The van der Waals surface area contributed by atoms with E-state index in [-0.39, 0.29) is 5.91 Å². The summed E-state index contributed by atoms with van der Waals surface area (Å²) in [7, 11) is 0. The fourth-order valence-corrected chi connectivity index (χ4v) is 2.25. The Kier molecular flexibility index (Phi) is 4.53. The van der Waals surface area contributed by atoms with Crippen molar-refractivity contribution in [1.82, 2.24) is 4.90 Å². The third-order valence-electron chi connectivity index (χ3n) is 3.33. The van der Waals surface area contributed by atoms with E-state index >= 15 is 0 Å². The first-order chi connectivity index (χ1) is 8.74. The Balaban J connectivity index is 1.81. The number of nitrogens with zero attached hydrogens (tertiary/aromatic N) is 1. The van der Waals surface area contributed by atoms with Gasteiger partial charge in [0.25, 0.3) is 0 Å². The molecule has 0 radical (unpaired) electrons. The number of hydrogen-bond donors (Lipinski definition) is 1. The van der Waals surface area contributed by atoms with Crippen molar-refractivity contribution in [2.75, 3.05) is 13.1 Å². The smallest absolute Gasteiger partial charge is 0.217 e. The Hall–Kier alpha value is -1.61. The maximum atomic E-state index is 10.7. The van der Waals surface area contributed by atoms with Crippen molar-refractivity contribution >= 4 is 5.91 Å². The molecule has 3 heteroatoms. The predicted octanol–water partition coefficient (Wildman–Crippen LogP) is 2.08. The lowest BCUT2D eigenvalue weighted by atomic mass is 10.0. The third kappa shape index (κ3) is 4.00. The summed E-state index contributed by atoms with van der Waals surface area (Å²) >= 11 is 0. The van der Waals surface area contributed by atoms with E-state index in [1.165, 1.54) is 11.1 Å². The minimum atomic E-state index is -0.206. The average Bonchev–Trinajstić information content (AvgIpc) is 2.39. The molecule has 2 rings (SSSR count). The van der Waals surface area contributed by atoms with Crippen LogP contribution < -0.4 is 5.73 Å². The van der Waals surface area contributed by atoms with Gasteiger partial charge >= 0.3 is 0 Å². The molecule has 0 spiro atoms. The first kappa shape index (κ1) is 12.8. The first-order valence-corrected chi connectivity index (χ1v) is 6.46. The summed E-state index contributed by atoms with van der Waals surface area (Å²) in [5, 5.41) is 0. The van der Waals surface area contributed by atoms with E-state index in [0.29, 0.717) is 6.42 Å². The molecule has 1 aromatic carbocycles. The molecule has 1 aliphatic rings. The van der Waals surface area contributed by atoms with Crippen LogP contribution in [0.15, 0.2) is 42.0 Å². The van der Waals surface area contributed by atoms with Crippen LogP contribution in [0.25, 0.3) is 0 Å². The van der Waals surface area contributed by atoms with E-state index in [2.05, 4.69) is 35.2 Å². The van der Waals surface area contributed by atoms with Crippen molar-refractivity contribution in [3.05, 3.63) is 47.5 Å². The summed E-state index contributed by atoms with van der Waals surface area (Å²) in [4.78, 5) is 13.2. The van der Waals surface area contributed by atoms with Crippen LogP contribution in [0, 0.1) is 0 Å². The second kappa shape index (κ2) is 6.36. The minimum Gasteiger partial charge on any atom is -0.370 e. The van der Waals surface area contributed by atoms with Crippen molar-refractivity contribution in [2.24, 2.45) is 5.73 Å². The summed E-state index contributed by atoms with van der Waals surface area (Å²) in [5.74, 6) is -0.206. The minimum absolute atomic E-state index is 0.206. The molecule has 0 bridgehead atoms. The Morgan fingerprint density at radius 3 is 2.67 bits per heavy atom. The van der Waals surface area contributed by atoms with Gasteiger partial charge in [0.05, 0.1) is 0 Å². The van der Waals surface area contributed by atoms with Crippen molar-refractivity contribution in [2.45, 2.75) is 25.8 Å². The Labute approximate surface area is 108 Å². The highest BCUT2D eigenvalue weighted by molar-refractivity contribution is 5.73. The van der Waals surface area contributed by atoms with E-state index in [1.807, 2.05) is 6.07 Å². The Morgan fingerprint density at radius 2 is 2.06 bits per heavy atom. The van der Waals surface area contributed by atoms with Gasteiger partial charge in [-0.1, -0.05) is 42.0 Å². The molecule has 0 saturated carbocycles. The van der Waals surface area contributed by atoms with Gasteiger partial charge < -0.3 is 5.73 Å². The molecule has 0 aromatic heterocycles. The number of benzene rings is 1. The zero-order valence-electron chi connectivity index (χ0n) is 10.6. The topological polar surface area (TPSA) is 46.3 Å². The van der Waals surface area contributed by atoms with Gasteiger partial charge in [-0.15, -0.1) is 0 Å². The summed E-state index contributed by atoms with van der Waals surface area (Å²) in [6, 6.07) is 10.5. The fourth-order valence-electron chi connectivity index (χ4n) is 2.25. The van der Waals surface area contributed by atoms with E-state index in [1.54, 1.807) is 0 Å². The number of amides is 1. The molecule has 0 saturated heterocycles. The molecule has 0 fully saturated rings. The van der Waals surface area contributed by atoms with Gasteiger partial charge in [0.2, 0.25) is 5.91 Å². The lowest BCUT2D eigenvalue weighted by molar-refractivity contribution is -0.118. The average molecular weight is 244 g/mol. The van der Waals surface area contributed by atoms with Crippen molar-refractivity contribution in [3.8, 4) is 0 Å². The number of carbonyl (C=O) groups is 1. The number of nitrogens with two attached hydrogens (primary N) is 1. The molecule has 18 heavy (non-hydrogen) atoms. The van der Waals surface area contributed by atoms with Crippen molar-refractivity contribution in [1.29, 1.82) is 0 Å². The molecule has 1 heterocycles. The second-order valence-electron chi connectivity index (χ2n) is 4.80. The first-order valence-electron chi connectivity index (χ1n) is 6.46. The molecule has 0 aliphatic carbocycles. The zero-order valence-corrected chi connectivity index (χ0v) is 10.6. The molecular weight excluding hydrogens is 224 g/mol. The maximum Gasteiger partial charge on any atom is 0.217 e. The van der Waals surface area contributed by atoms with Crippen LogP contribution in [0.4, 0.5) is 0 Å². The molecule has 0 unspecified atom stereocenters. The van der Waals surface area contributed by atoms with E-state index in [9.17, 15) is 4.79 Å². The highest BCUT2D eigenvalue weighted by Gasteiger charge is 2.12. The van der Waals surface area contributed by atoms with Crippen molar-refractivity contribution < 1.29 is 4.79 Å². The quantitative estimate of drug-likeness (QED) is 0.806. The normalized spacial score (nSPS) is 16.3. The van der Waals surface area contributed by atoms with Gasteiger partial charge in [0.1, 0.15) is 0 Å². The number of hydrogen-bond acceptors (Lipinski definition) is 2. The molecule has 1 amide bonds. The van der Waals surface area contributed by atoms with Gasteiger partial charge in [-0.05, 0) is 18.4 Å². The van der Waals surface area contributed by atoms with Gasteiger partial charge in [-0.3, -0.25) is 9.69 Å². The van der Waals surface area contributed by atoms with E-state index in [0.717, 1.165) is 32.5 Å². The van der Waals surface area contributed by atoms with E-state index < -0.39 is 0 Å². The van der Waals surface area contributed by atoms with Crippen LogP contribution >= 0.6 is 0 Å². The van der Waals surface area contributed by atoms with Gasteiger partial charge in [-0.2, -0.15) is 0 Å².